The van der Waals surface area contributed by atoms with E-state index in [-0.39, 0.29) is 11.2 Å². The van der Waals surface area contributed by atoms with E-state index in [9.17, 15) is 14.0 Å². The summed E-state index contributed by atoms with van der Waals surface area (Å²) in [7, 11) is 0. The van der Waals surface area contributed by atoms with Gasteiger partial charge in [-0.3, -0.25) is 14.5 Å². The summed E-state index contributed by atoms with van der Waals surface area (Å²) in [6.45, 7) is 1.77. The highest BCUT2D eigenvalue weighted by atomic mass is 19.1. The minimum absolute atomic E-state index is 0.0795. The number of carbonyl (C=O) groups is 1. The standard InChI is InChI=1S/C21H16FN5O2/c1-13-10-20(28)27-9-8-14(11-19(27)24-13)15-6-7-18(23-12-15)26-21(29)25-17-5-3-2-4-16(17)22/h2-12H,1H3,(H2,23,25,26,29). The molecule has 1 aromatic carbocycles. The fourth-order valence-electron chi connectivity index (χ4n) is 2.87. The zero-order valence-electron chi connectivity index (χ0n) is 15.4. The lowest BCUT2D eigenvalue weighted by Gasteiger charge is -2.09. The minimum atomic E-state index is -0.597. The van der Waals surface area contributed by atoms with Gasteiger partial charge in [0.2, 0.25) is 0 Å². The molecule has 4 aromatic rings. The lowest BCUT2D eigenvalue weighted by atomic mass is 10.1. The maximum atomic E-state index is 13.6. The summed E-state index contributed by atoms with van der Waals surface area (Å²) in [6.07, 6.45) is 3.26. The Morgan fingerprint density at radius 2 is 1.86 bits per heavy atom. The van der Waals surface area contributed by atoms with Crippen molar-refractivity contribution >= 4 is 23.2 Å². The first-order chi connectivity index (χ1) is 14.0. The highest BCUT2D eigenvalue weighted by Gasteiger charge is 2.08. The quantitative estimate of drug-likeness (QED) is 0.557. The summed E-state index contributed by atoms with van der Waals surface area (Å²) < 4.78 is 15.1. The van der Waals surface area contributed by atoms with Crippen molar-refractivity contribution in [3.05, 3.63) is 88.9 Å². The van der Waals surface area contributed by atoms with E-state index in [2.05, 4.69) is 20.6 Å². The molecule has 0 radical (unpaired) electrons. The summed E-state index contributed by atoms with van der Waals surface area (Å²) in [5.41, 5.74) is 2.75. The molecule has 4 rings (SSSR count). The van der Waals surface area contributed by atoms with Crippen LogP contribution in [0.1, 0.15) is 5.69 Å². The van der Waals surface area contributed by atoms with E-state index < -0.39 is 11.8 Å². The lowest BCUT2D eigenvalue weighted by Crippen LogP contribution is -2.20. The van der Waals surface area contributed by atoms with Gasteiger partial charge in [0.05, 0.1) is 5.69 Å². The van der Waals surface area contributed by atoms with E-state index in [1.807, 2.05) is 0 Å². The van der Waals surface area contributed by atoms with Gasteiger partial charge in [-0.25, -0.2) is 19.2 Å². The number of carbonyl (C=O) groups excluding carboxylic acids is 1. The van der Waals surface area contributed by atoms with Gasteiger partial charge in [0.15, 0.2) is 0 Å². The van der Waals surface area contributed by atoms with Gasteiger partial charge in [-0.15, -0.1) is 0 Å². The number of fused-ring (bicyclic) bond motifs is 1. The molecule has 0 aliphatic rings. The first-order valence-corrected chi connectivity index (χ1v) is 8.79. The van der Waals surface area contributed by atoms with E-state index in [1.165, 1.54) is 22.6 Å². The number of pyridine rings is 2. The smallest absolute Gasteiger partial charge is 0.305 e. The molecule has 7 nitrogen and oxygen atoms in total. The van der Waals surface area contributed by atoms with Crippen molar-refractivity contribution in [1.29, 1.82) is 0 Å². The molecule has 0 aliphatic carbocycles. The molecule has 144 valence electrons. The zero-order valence-corrected chi connectivity index (χ0v) is 15.4. The third-order valence-electron chi connectivity index (χ3n) is 4.26. The molecule has 3 heterocycles. The maximum Gasteiger partial charge on any atom is 0.324 e. The monoisotopic (exact) mass is 389 g/mol. The molecule has 0 fully saturated rings. The van der Waals surface area contributed by atoms with Gasteiger partial charge in [-0.2, -0.15) is 0 Å². The predicted molar refractivity (Wildman–Crippen MR) is 108 cm³/mol. The number of rotatable bonds is 3. The zero-order chi connectivity index (χ0) is 20.4. The normalized spacial score (nSPS) is 10.7. The van der Waals surface area contributed by atoms with Crippen molar-refractivity contribution < 1.29 is 9.18 Å². The van der Waals surface area contributed by atoms with Crippen molar-refractivity contribution in [2.45, 2.75) is 6.92 Å². The molecule has 8 heteroatoms. The number of halogens is 1. The topological polar surface area (TPSA) is 88.4 Å². The van der Waals surface area contributed by atoms with Crippen molar-refractivity contribution in [3.8, 4) is 11.1 Å². The molecule has 0 unspecified atom stereocenters. The van der Waals surface area contributed by atoms with Crippen LogP contribution in [0.2, 0.25) is 0 Å². The third-order valence-corrected chi connectivity index (χ3v) is 4.26. The Kier molecular flexibility index (Phi) is 4.74. The maximum absolute atomic E-state index is 13.6. The van der Waals surface area contributed by atoms with Crippen molar-refractivity contribution in [2.75, 3.05) is 10.6 Å². The fourth-order valence-corrected chi connectivity index (χ4v) is 2.87. The van der Waals surface area contributed by atoms with Crippen LogP contribution in [-0.2, 0) is 0 Å². The fraction of sp³-hybridized carbons (Fsp3) is 0.0476. The van der Waals surface area contributed by atoms with Crippen molar-refractivity contribution in [1.82, 2.24) is 14.4 Å². The largest absolute Gasteiger partial charge is 0.324 e. The summed E-state index contributed by atoms with van der Waals surface area (Å²) >= 11 is 0. The SMILES string of the molecule is Cc1cc(=O)n2ccc(-c3ccc(NC(=O)Nc4ccccc4F)nc3)cc2n1. The number of hydrogen-bond acceptors (Lipinski definition) is 4. The van der Waals surface area contributed by atoms with Crippen LogP contribution in [0.15, 0.2) is 71.8 Å². The molecule has 2 N–H and O–H groups in total. The van der Waals surface area contributed by atoms with Crippen LogP contribution in [0.4, 0.5) is 20.7 Å². The Balaban J connectivity index is 1.52. The van der Waals surface area contributed by atoms with Crippen LogP contribution < -0.4 is 16.2 Å². The molecule has 0 saturated heterocycles. The van der Waals surface area contributed by atoms with Gasteiger partial charge in [-0.1, -0.05) is 12.1 Å². The van der Waals surface area contributed by atoms with E-state index in [4.69, 9.17) is 0 Å². The Hall–Kier alpha value is -4.07. The number of hydrogen-bond donors (Lipinski definition) is 2. The van der Waals surface area contributed by atoms with Crippen LogP contribution in [0, 0.1) is 12.7 Å². The molecular formula is C21H16FN5O2. The van der Waals surface area contributed by atoms with Crippen LogP contribution in [0.5, 0.6) is 0 Å². The second-order valence-electron chi connectivity index (χ2n) is 6.37. The number of anilines is 2. The van der Waals surface area contributed by atoms with E-state index in [1.54, 1.807) is 55.7 Å². The first-order valence-electron chi connectivity index (χ1n) is 8.79. The molecule has 0 atom stereocenters. The number of nitrogens with one attached hydrogen (secondary N) is 2. The molecule has 2 amide bonds. The van der Waals surface area contributed by atoms with Gasteiger partial charge in [0, 0.05) is 29.7 Å². The Bertz CT molecular complexity index is 1270. The van der Waals surface area contributed by atoms with Gasteiger partial charge < -0.3 is 5.32 Å². The second-order valence-corrected chi connectivity index (χ2v) is 6.37. The van der Waals surface area contributed by atoms with Crippen LogP contribution in [0.25, 0.3) is 16.8 Å². The van der Waals surface area contributed by atoms with Gasteiger partial charge in [-0.05, 0) is 48.9 Å². The van der Waals surface area contributed by atoms with E-state index in [0.717, 1.165) is 11.1 Å². The predicted octanol–water partition coefficient (Wildman–Crippen LogP) is 3.85. The highest BCUT2D eigenvalue weighted by Crippen LogP contribution is 2.21. The number of aromatic nitrogens is 3. The molecule has 0 aliphatic heterocycles. The first kappa shape index (κ1) is 18.3. The van der Waals surface area contributed by atoms with Crippen molar-refractivity contribution in [3.63, 3.8) is 0 Å². The van der Waals surface area contributed by atoms with Crippen LogP contribution in [-0.4, -0.2) is 20.4 Å². The number of para-hydroxylation sites is 1. The highest BCUT2D eigenvalue weighted by molar-refractivity contribution is 5.99. The van der Waals surface area contributed by atoms with Crippen molar-refractivity contribution in [2.24, 2.45) is 0 Å². The third kappa shape index (κ3) is 3.96. The van der Waals surface area contributed by atoms with Crippen LogP contribution in [0.3, 0.4) is 0 Å². The average Bonchev–Trinajstić information content (AvgIpc) is 2.70. The lowest BCUT2D eigenvalue weighted by molar-refractivity contribution is 0.262. The summed E-state index contributed by atoms with van der Waals surface area (Å²) in [4.78, 5) is 32.6. The summed E-state index contributed by atoms with van der Waals surface area (Å²) in [5.74, 6) is -0.209. The van der Waals surface area contributed by atoms with Gasteiger partial charge >= 0.3 is 6.03 Å². The van der Waals surface area contributed by atoms with Gasteiger partial charge in [0.1, 0.15) is 17.3 Å². The van der Waals surface area contributed by atoms with Crippen LogP contribution >= 0.6 is 0 Å². The number of aryl methyl sites for hydroxylation is 1. The average molecular weight is 389 g/mol. The van der Waals surface area contributed by atoms with E-state index in [0.29, 0.717) is 17.2 Å². The molecule has 0 spiro atoms. The Labute approximate surface area is 164 Å². The molecule has 29 heavy (non-hydrogen) atoms. The summed E-state index contributed by atoms with van der Waals surface area (Å²) in [5, 5.41) is 4.99. The number of benzene rings is 1. The van der Waals surface area contributed by atoms with E-state index >= 15 is 0 Å². The Morgan fingerprint density at radius 1 is 1.03 bits per heavy atom. The number of nitrogens with zero attached hydrogens (tertiary/aromatic N) is 3. The number of urea groups is 1. The molecule has 3 aromatic heterocycles. The Morgan fingerprint density at radius 3 is 2.62 bits per heavy atom. The molecular weight excluding hydrogens is 373 g/mol. The molecule has 0 bridgehead atoms. The molecule has 0 saturated carbocycles. The second kappa shape index (κ2) is 7.51. The number of amides is 2. The summed E-state index contributed by atoms with van der Waals surface area (Å²) in [6, 6.07) is 13.8. The van der Waals surface area contributed by atoms with Gasteiger partial charge in [0.25, 0.3) is 5.56 Å². The minimum Gasteiger partial charge on any atom is -0.305 e.